The first-order chi connectivity index (χ1) is 9.34. The molecule has 0 bridgehead atoms. The number of carbonyl (C=O) groups is 2. The van der Waals surface area contributed by atoms with Crippen LogP contribution in [0.1, 0.15) is 18.0 Å². The quantitative estimate of drug-likeness (QED) is 0.701. The number of rotatable bonds is 7. The van der Waals surface area contributed by atoms with Crippen molar-refractivity contribution in [2.75, 3.05) is 12.9 Å². The maximum Gasteiger partial charge on any atom is 0.322 e. The molecule has 1 aromatic carbocycles. The smallest absolute Gasteiger partial charge is 0.322 e. The lowest BCUT2D eigenvalue weighted by atomic mass is 10.1. The van der Waals surface area contributed by atoms with Gasteiger partial charge in [-0.3, -0.25) is 9.59 Å². The van der Waals surface area contributed by atoms with Crippen molar-refractivity contribution < 1.29 is 27.9 Å². The molecule has 0 aromatic heterocycles. The molecule has 1 atom stereocenters. The van der Waals surface area contributed by atoms with Crippen molar-refractivity contribution in [3.05, 3.63) is 35.9 Å². The minimum Gasteiger partial charge on any atom is -0.481 e. The van der Waals surface area contributed by atoms with Gasteiger partial charge in [0.25, 0.3) is 0 Å². The largest absolute Gasteiger partial charge is 0.481 e. The predicted octanol–water partition coefficient (Wildman–Crippen LogP) is 0.295. The molecule has 0 aliphatic carbocycles. The van der Waals surface area contributed by atoms with Crippen LogP contribution >= 0.6 is 0 Å². The van der Waals surface area contributed by atoms with E-state index >= 15 is 0 Å². The lowest BCUT2D eigenvalue weighted by molar-refractivity contribution is -0.138. The van der Waals surface area contributed by atoms with Gasteiger partial charge in [0.1, 0.15) is 0 Å². The van der Waals surface area contributed by atoms with Gasteiger partial charge in [-0.2, -0.15) is 0 Å². The molecule has 0 spiro atoms. The molecule has 0 saturated heterocycles. The summed E-state index contributed by atoms with van der Waals surface area (Å²) in [6, 6.07) is 7.33. The summed E-state index contributed by atoms with van der Waals surface area (Å²) >= 11 is 0. The van der Waals surface area contributed by atoms with Crippen LogP contribution in [0.4, 0.5) is 0 Å². The van der Waals surface area contributed by atoms with E-state index in [1.54, 1.807) is 30.3 Å². The van der Waals surface area contributed by atoms with Gasteiger partial charge in [0.2, 0.25) is 10.0 Å². The van der Waals surface area contributed by atoms with E-state index in [0.29, 0.717) is 5.56 Å². The van der Waals surface area contributed by atoms with Crippen molar-refractivity contribution in [3.63, 3.8) is 0 Å². The Morgan fingerprint density at radius 2 is 1.90 bits per heavy atom. The molecular weight excluding hydrogens is 286 g/mol. The zero-order valence-electron chi connectivity index (χ0n) is 10.8. The first-order valence-electron chi connectivity index (χ1n) is 5.67. The lowest BCUT2D eigenvalue weighted by Crippen LogP contribution is -2.34. The molecule has 0 radical (unpaired) electrons. The van der Waals surface area contributed by atoms with Gasteiger partial charge in [-0.1, -0.05) is 30.3 Å². The molecule has 0 amide bonds. The molecule has 1 rings (SSSR count). The summed E-state index contributed by atoms with van der Waals surface area (Å²) in [7, 11) is -2.90. The van der Waals surface area contributed by atoms with Crippen LogP contribution in [0.15, 0.2) is 30.3 Å². The van der Waals surface area contributed by atoms with Crippen molar-refractivity contribution in [2.45, 2.75) is 12.5 Å². The van der Waals surface area contributed by atoms with Crippen molar-refractivity contribution in [2.24, 2.45) is 0 Å². The molecule has 7 nitrogen and oxygen atoms in total. The SMILES string of the molecule is COC(=O)CS(=O)(=O)NC(CC(=O)O)c1ccccc1. The topological polar surface area (TPSA) is 110 Å². The number of esters is 1. The van der Waals surface area contributed by atoms with Gasteiger partial charge in [-0.15, -0.1) is 0 Å². The van der Waals surface area contributed by atoms with E-state index < -0.39 is 40.2 Å². The van der Waals surface area contributed by atoms with Gasteiger partial charge >= 0.3 is 11.9 Å². The highest BCUT2D eigenvalue weighted by atomic mass is 32.2. The van der Waals surface area contributed by atoms with Crippen LogP contribution in [-0.2, 0) is 24.3 Å². The summed E-state index contributed by atoms with van der Waals surface area (Å²) in [5.74, 6) is -2.92. The van der Waals surface area contributed by atoms with Crippen LogP contribution in [0, 0.1) is 0 Å². The summed E-state index contributed by atoms with van der Waals surface area (Å²) in [4.78, 5) is 21.8. The maximum absolute atomic E-state index is 11.8. The predicted molar refractivity (Wildman–Crippen MR) is 70.4 cm³/mol. The fourth-order valence-corrected chi connectivity index (χ4v) is 2.72. The van der Waals surface area contributed by atoms with Gasteiger partial charge in [0, 0.05) is 0 Å². The van der Waals surface area contributed by atoms with E-state index in [4.69, 9.17) is 5.11 Å². The fraction of sp³-hybridized carbons (Fsp3) is 0.333. The van der Waals surface area contributed by atoms with Gasteiger partial charge < -0.3 is 9.84 Å². The zero-order chi connectivity index (χ0) is 15.2. The average Bonchev–Trinajstić information content (AvgIpc) is 2.37. The van der Waals surface area contributed by atoms with E-state index in [0.717, 1.165) is 7.11 Å². The van der Waals surface area contributed by atoms with E-state index in [-0.39, 0.29) is 0 Å². The molecule has 8 heteroatoms. The third-order valence-electron chi connectivity index (χ3n) is 2.44. The monoisotopic (exact) mass is 301 g/mol. The normalized spacial score (nSPS) is 12.7. The van der Waals surface area contributed by atoms with Crippen molar-refractivity contribution in [1.82, 2.24) is 4.72 Å². The summed E-state index contributed by atoms with van der Waals surface area (Å²) in [5.41, 5.74) is 0.503. The Kier molecular flexibility index (Phi) is 5.66. The number of aliphatic carboxylic acids is 1. The summed E-state index contributed by atoms with van der Waals surface area (Å²) < 4.78 is 30.0. The molecule has 0 saturated carbocycles. The molecular formula is C12H15NO6S. The number of nitrogens with one attached hydrogen (secondary N) is 1. The van der Waals surface area contributed by atoms with Crippen LogP contribution in [-0.4, -0.2) is 38.3 Å². The Morgan fingerprint density at radius 3 is 2.40 bits per heavy atom. The highest BCUT2D eigenvalue weighted by molar-refractivity contribution is 7.90. The second-order valence-electron chi connectivity index (χ2n) is 4.01. The van der Waals surface area contributed by atoms with Gasteiger partial charge in [-0.25, -0.2) is 13.1 Å². The van der Waals surface area contributed by atoms with Crippen LogP contribution in [0.5, 0.6) is 0 Å². The number of hydrogen-bond acceptors (Lipinski definition) is 5. The highest BCUT2D eigenvalue weighted by Crippen LogP contribution is 2.17. The van der Waals surface area contributed by atoms with E-state index in [9.17, 15) is 18.0 Å². The first kappa shape index (κ1) is 16.1. The van der Waals surface area contributed by atoms with E-state index in [1.807, 2.05) is 0 Å². The van der Waals surface area contributed by atoms with Crippen LogP contribution in [0.25, 0.3) is 0 Å². The molecule has 0 fully saturated rings. The Labute approximate surface area is 116 Å². The van der Waals surface area contributed by atoms with Crippen LogP contribution in [0.2, 0.25) is 0 Å². The van der Waals surface area contributed by atoms with Gasteiger partial charge in [-0.05, 0) is 5.56 Å². The number of ether oxygens (including phenoxy) is 1. The Balaban J connectivity index is 2.91. The molecule has 0 heterocycles. The average molecular weight is 301 g/mol. The Bertz CT molecular complexity index is 569. The van der Waals surface area contributed by atoms with Crippen molar-refractivity contribution in [3.8, 4) is 0 Å². The van der Waals surface area contributed by atoms with Gasteiger partial charge in [0.05, 0.1) is 19.6 Å². The third kappa shape index (κ3) is 5.37. The number of hydrogen-bond donors (Lipinski definition) is 2. The maximum atomic E-state index is 11.8. The molecule has 20 heavy (non-hydrogen) atoms. The molecule has 110 valence electrons. The Morgan fingerprint density at radius 1 is 1.30 bits per heavy atom. The van der Waals surface area contributed by atoms with E-state index in [1.165, 1.54) is 0 Å². The minimum absolute atomic E-state index is 0.426. The number of carboxylic acid groups (broad SMARTS) is 1. The van der Waals surface area contributed by atoms with Crippen LogP contribution < -0.4 is 4.72 Å². The fourth-order valence-electron chi connectivity index (χ4n) is 1.56. The number of methoxy groups -OCH3 is 1. The minimum atomic E-state index is -3.97. The van der Waals surface area contributed by atoms with Gasteiger partial charge in [0.15, 0.2) is 5.75 Å². The number of carbonyl (C=O) groups excluding carboxylic acids is 1. The summed E-state index contributed by atoms with van der Waals surface area (Å²) in [6.07, 6.45) is -0.426. The van der Waals surface area contributed by atoms with Crippen LogP contribution in [0.3, 0.4) is 0 Å². The third-order valence-corrected chi connectivity index (χ3v) is 3.70. The number of benzene rings is 1. The number of sulfonamides is 1. The molecule has 2 N–H and O–H groups in total. The molecule has 0 aliphatic rings. The van der Waals surface area contributed by atoms with Crippen molar-refractivity contribution >= 4 is 22.0 Å². The Hall–Kier alpha value is -1.93. The summed E-state index contributed by atoms with van der Waals surface area (Å²) in [5, 5.41) is 8.84. The molecule has 1 unspecified atom stereocenters. The summed E-state index contributed by atoms with van der Waals surface area (Å²) in [6.45, 7) is 0. The van der Waals surface area contributed by atoms with E-state index in [2.05, 4.69) is 9.46 Å². The van der Waals surface area contributed by atoms with Crippen molar-refractivity contribution in [1.29, 1.82) is 0 Å². The highest BCUT2D eigenvalue weighted by Gasteiger charge is 2.24. The lowest BCUT2D eigenvalue weighted by Gasteiger charge is -2.17. The molecule has 0 aliphatic heterocycles. The standard InChI is InChI=1S/C12H15NO6S/c1-19-12(16)8-20(17,18)13-10(7-11(14)15)9-5-3-2-4-6-9/h2-6,10,13H,7-8H2,1H3,(H,14,15). The first-order valence-corrected chi connectivity index (χ1v) is 7.33. The second-order valence-corrected chi connectivity index (χ2v) is 5.77. The second kappa shape index (κ2) is 7.01. The number of carboxylic acids is 1. The molecule has 1 aromatic rings. The zero-order valence-corrected chi connectivity index (χ0v) is 11.6.